The third-order valence-electron chi connectivity index (χ3n) is 4.38. The van der Waals surface area contributed by atoms with Crippen LogP contribution in [-0.2, 0) is 19.6 Å². The monoisotopic (exact) mass is 377 g/mol. The fourth-order valence-corrected chi connectivity index (χ4v) is 3.02. The molecule has 0 aliphatic carbocycles. The highest BCUT2D eigenvalue weighted by atomic mass is 19.1. The summed E-state index contributed by atoms with van der Waals surface area (Å²) in [6.45, 7) is 4.79. The smallest absolute Gasteiger partial charge is 0.330 e. The summed E-state index contributed by atoms with van der Waals surface area (Å²) < 4.78 is 30.3. The zero-order valence-corrected chi connectivity index (χ0v) is 15.2. The van der Waals surface area contributed by atoms with Crippen LogP contribution in [0.1, 0.15) is 32.5 Å². The average Bonchev–Trinajstić information content (AvgIpc) is 3.01. The number of aromatic amines is 1. The van der Waals surface area contributed by atoms with Crippen molar-refractivity contribution >= 4 is 16.9 Å². The van der Waals surface area contributed by atoms with Crippen LogP contribution in [0, 0.1) is 11.6 Å². The van der Waals surface area contributed by atoms with Crippen molar-refractivity contribution in [2.24, 2.45) is 0 Å². The van der Waals surface area contributed by atoms with Crippen molar-refractivity contribution < 1.29 is 8.78 Å². The molecule has 1 aromatic carbocycles. The van der Waals surface area contributed by atoms with Gasteiger partial charge in [0.05, 0.1) is 12.2 Å². The van der Waals surface area contributed by atoms with E-state index < -0.39 is 22.9 Å². The Morgan fingerprint density at radius 2 is 1.96 bits per heavy atom. The summed E-state index contributed by atoms with van der Waals surface area (Å²) in [6, 6.07) is 3.12. The van der Waals surface area contributed by atoms with Crippen LogP contribution in [0.25, 0.3) is 11.2 Å². The summed E-state index contributed by atoms with van der Waals surface area (Å²) in [5.74, 6) is -0.696. The van der Waals surface area contributed by atoms with Crippen LogP contribution in [0.3, 0.4) is 0 Å². The first-order valence-electron chi connectivity index (χ1n) is 8.87. The van der Waals surface area contributed by atoms with Crippen molar-refractivity contribution in [1.82, 2.24) is 19.1 Å². The number of aryl methyl sites for hydroxylation is 2. The summed E-state index contributed by atoms with van der Waals surface area (Å²) >= 11 is 0. The number of benzene rings is 1. The molecule has 0 amide bonds. The average molecular weight is 377 g/mol. The lowest BCUT2D eigenvalue weighted by Gasteiger charge is -2.09. The fraction of sp³-hybridized carbons (Fsp3) is 0.389. The third kappa shape index (κ3) is 3.62. The van der Waals surface area contributed by atoms with Gasteiger partial charge in [0.15, 0.2) is 11.2 Å². The largest absolute Gasteiger partial charge is 0.375 e. The van der Waals surface area contributed by atoms with Crippen LogP contribution in [0.2, 0.25) is 0 Å². The maximum absolute atomic E-state index is 13.8. The van der Waals surface area contributed by atoms with Crippen LogP contribution in [-0.4, -0.2) is 19.1 Å². The molecule has 0 unspecified atom stereocenters. The van der Waals surface area contributed by atoms with Crippen LogP contribution in [0.5, 0.6) is 0 Å². The van der Waals surface area contributed by atoms with Gasteiger partial charge in [-0.3, -0.25) is 14.3 Å². The van der Waals surface area contributed by atoms with E-state index in [0.717, 1.165) is 31.0 Å². The zero-order valence-electron chi connectivity index (χ0n) is 15.2. The van der Waals surface area contributed by atoms with E-state index in [2.05, 4.69) is 15.3 Å². The molecule has 144 valence electrons. The van der Waals surface area contributed by atoms with E-state index in [1.807, 2.05) is 13.8 Å². The lowest BCUT2D eigenvalue weighted by atomic mass is 10.3. The summed E-state index contributed by atoms with van der Waals surface area (Å²) in [7, 11) is 0. The molecule has 2 aromatic heterocycles. The van der Waals surface area contributed by atoms with Crippen molar-refractivity contribution in [1.29, 1.82) is 0 Å². The molecule has 0 atom stereocenters. The van der Waals surface area contributed by atoms with Crippen molar-refractivity contribution in [3.8, 4) is 0 Å². The van der Waals surface area contributed by atoms with Gasteiger partial charge in [-0.05, 0) is 31.5 Å². The van der Waals surface area contributed by atoms with Gasteiger partial charge in [-0.15, -0.1) is 0 Å². The van der Waals surface area contributed by atoms with Gasteiger partial charge >= 0.3 is 5.69 Å². The quantitative estimate of drug-likeness (QED) is 0.663. The predicted octanol–water partition coefficient (Wildman–Crippen LogP) is 2.60. The van der Waals surface area contributed by atoms with Crippen molar-refractivity contribution in [3.05, 3.63) is 56.5 Å². The summed E-state index contributed by atoms with van der Waals surface area (Å²) in [6.07, 6.45) is 1.65. The molecule has 2 N–H and O–H groups in total. The minimum Gasteiger partial charge on any atom is -0.375 e. The number of anilines is 1. The van der Waals surface area contributed by atoms with Crippen molar-refractivity contribution in [3.63, 3.8) is 0 Å². The minimum absolute atomic E-state index is 0.00184. The molecule has 2 heterocycles. The highest BCUT2D eigenvalue weighted by Crippen LogP contribution is 2.18. The van der Waals surface area contributed by atoms with E-state index in [-0.39, 0.29) is 12.2 Å². The van der Waals surface area contributed by atoms with Crippen LogP contribution >= 0.6 is 0 Å². The molecule has 0 aliphatic heterocycles. The Kier molecular flexibility index (Phi) is 5.38. The lowest BCUT2D eigenvalue weighted by Crippen LogP contribution is -2.31. The van der Waals surface area contributed by atoms with Gasteiger partial charge in [0.1, 0.15) is 17.5 Å². The Hall–Kier alpha value is -2.97. The van der Waals surface area contributed by atoms with Crippen LogP contribution < -0.4 is 16.6 Å². The molecule has 27 heavy (non-hydrogen) atoms. The minimum atomic E-state index is -0.590. The Labute approximate surface area is 153 Å². The number of fused-ring (bicyclic) bond motifs is 1. The van der Waals surface area contributed by atoms with Crippen molar-refractivity contribution in [2.45, 2.75) is 46.3 Å². The van der Waals surface area contributed by atoms with Gasteiger partial charge < -0.3 is 9.88 Å². The highest BCUT2D eigenvalue weighted by Gasteiger charge is 2.17. The Bertz CT molecular complexity index is 1080. The number of hydrogen-bond acceptors (Lipinski definition) is 4. The molecule has 0 aliphatic rings. The van der Waals surface area contributed by atoms with Crippen molar-refractivity contribution in [2.75, 3.05) is 5.32 Å². The fourth-order valence-electron chi connectivity index (χ4n) is 3.02. The first-order chi connectivity index (χ1) is 13.0. The van der Waals surface area contributed by atoms with Gasteiger partial charge in [-0.25, -0.2) is 18.6 Å². The number of unbranched alkanes of at least 4 members (excludes halogenated alkanes) is 1. The topological polar surface area (TPSA) is 84.7 Å². The normalized spacial score (nSPS) is 11.3. The van der Waals surface area contributed by atoms with E-state index in [1.54, 1.807) is 4.57 Å². The second kappa shape index (κ2) is 7.73. The summed E-state index contributed by atoms with van der Waals surface area (Å²) in [5, 5.41) is 2.80. The maximum atomic E-state index is 13.8. The van der Waals surface area contributed by atoms with E-state index >= 15 is 0 Å². The van der Waals surface area contributed by atoms with Gasteiger partial charge in [0, 0.05) is 13.1 Å². The second-order valence-electron chi connectivity index (χ2n) is 6.19. The molecule has 0 radical (unpaired) electrons. The van der Waals surface area contributed by atoms with Crippen LogP contribution in [0.15, 0.2) is 27.8 Å². The van der Waals surface area contributed by atoms with Gasteiger partial charge in [0.2, 0.25) is 0 Å². The molecule has 3 aromatic rings. The molecule has 7 nitrogen and oxygen atoms in total. The Balaban J connectivity index is 2.05. The molecular weight excluding hydrogens is 356 g/mol. The summed E-state index contributed by atoms with van der Waals surface area (Å²) in [5.41, 5.74) is -0.417. The summed E-state index contributed by atoms with van der Waals surface area (Å²) in [4.78, 5) is 31.3. The lowest BCUT2D eigenvalue weighted by molar-refractivity contribution is 0.601. The van der Waals surface area contributed by atoms with E-state index in [0.29, 0.717) is 30.1 Å². The maximum Gasteiger partial charge on any atom is 0.330 e. The number of aromatic nitrogens is 4. The van der Waals surface area contributed by atoms with Gasteiger partial charge in [-0.2, -0.15) is 0 Å². The Morgan fingerprint density at radius 1 is 1.19 bits per heavy atom. The molecule has 0 bridgehead atoms. The molecule has 0 spiro atoms. The molecule has 0 fully saturated rings. The molecule has 0 saturated carbocycles. The first-order valence-corrected chi connectivity index (χ1v) is 8.87. The third-order valence-corrected chi connectivity index (χ3v) is 4.38. The van der Waals surface area contributed by atoms with Crippen LogP contribution in [0.4, 0.5) is 14.5 Å². The highest BCUT2D eigenvalue weighted by molar-refractivity contribution is 5.71. The molecule has 0 saturated heterocycles. The number of nitrogens with one attached hydrogen (secondary N) is 2. The molecule has 3 rings (SSSR count). The molecular formula is C18H21F2N5O2. The second-order valence-corrected chi connectivity index (χ2v) is 6.19. The number of hydrogen-bond donors (Lipinski definition) is 2. The van der Waals surface area contributed by atoms with E-state index in [1.165, 1.54) is 4.57 Å². The zero-order chi connectivity index (χ0) is 19.6. The Morgan fingerprint density at radius 3 is 2.67 bits per heavy atom. The standard InChI is InChI=1S/C18H21F2N5O2/c1-3-5-8-25-16-15(17(26)23-18(25)27)24(4-2)14(22-16)10-21-13-9-11(19)6-7-12(13)20/h6-7,9,21H,3-5,8,10H2,1-2H3,(H,23,26,27). The van der Waals surface area contributed by atoms with Gasteiger partial charge in [-0.1, -0.05) is 13.3 Å². The molecule has 9 heteroatoms. The van der Waals surface area contributed by atoms with Gasteiger partial charge in [0.25, 0.3) is 5.56 Å². The van der Waals surface area contributed by atoms with E-state index in [9.17, 15) is 18.4 Å². The predicted molar refractivity (Wildman–Crippen MR) is 98.9 cm³/mol. The number of H-pyrrole nitrogens is 1. The number of nitrogens with zero attached hydrogens (tertiary/aromatic N) is 3. The van der Waals surface area contributed by atoms with E-state index in [4.69, 9.17) is 0 Å². The first kappa shape index (κ1) is 18.8. The number of halogens is 2. The number of rotatable bonds is 7. The number of imidazole rings is 1. The SMILES string of the molecule is CCCCn1c(=O)[nH]c(=O)c2c1nc(CNc1cc(F)ccc1F)n2CC.